The van der Waals surface area contributed by atoms with Crippen LogP contribution in [0.2, 0.25) is 0 Å². The van der Waals surface area contributed by atoms with Crippen molar-refractivity contribution in [3.8, 4) is 0 Å². The van der Waals surface area contributed by atoms with E-state index in [1.54, 1.807) is 0 Å². The third-order valence-corrected chi connectivity index (χ3v) is 2.62. The van der Waals surface area contributed by atoms with E-state index in [-0.39, 0.29) is 6.47 Å². The van der Waals surface area contributed by atoms with Crippen molar-refractivity contribution in [3.63, 3.8) is 0 Å². The fourth-order valence-electron chi connectivity index (χ4n) is 1.05. The Morgan fingerprint density at radius 1 is 1.22 bits per heavy atom. The minimum absolute atomic E-state index is 0.260. The van der Waals surface area contributed by atoms with Crippen LogP contribution in [0, 0.1) is 0 Å². The molecule has 1 aromatic rings. The summed E-state index contributed by atoms with van der Waals surface area (Å²) in [5.41, 5.74) is -0.567. The van der Waals surface area contributed by atoms with E-state index in [1.807, 2.05) is 0 Å². The van der Waals surface area contributed by atoms with E-state index in [2.05, 4.69) is 9.47 Å². The maximum absolute atomic E-state index is 11.4. The van der Waals surface area contributed by atoms with Crippen molar-refractivity contribution in [1.82, 2.24) is 0 Å². The van der Waals surface area contributed by atoms with Crippen LogP contribution >= 0.6 is 0 Å². The molecule has 0 bridgehead atoms. The summed E-state index contributed by atoms with van der Waals surface area (Å²) in [4.78, 5) is 31.1. The number of hydrogen-bond acceptors (Lipinski definition) is 7. The zero-order chi connectivity index (χ0) is 13.8. The molecule has 0 amide bonds. The average Bonchev–Trinajstić information content (AvgIpc) is 2.28. The van der Waals surface area contributed by atoms with Crippen molar-refractivity contribution in [3.05, 3.63) is 29.8 Å². The fourth-order valence-corrected chi connectivity index (χ4v) is 1.73. The van der Waals surface area contributed by atoms with E-state index in [1.165, 1.54) is 12.1 Å². The molecule has 0 saturated heterocycles. The van der Waals surface area contributed by atoms with Gasteiger partial charge in [0.15, 0.2) is 0 Å². The standard InChI is InChI=1S/C9H6O8S/c10-5-16-9(12)17-8(11)6-3-1-2-4-7(6)18(13,14)15/h1-5H,(H,13,14,15). The smallest absolute Gasteiger partial charge is 0.363 e. The highest BCUT2D eigenvalue weighted by molar-refractivity contribution is 7.86. The third-order valence-electron chi connectivity index (χ3n) is 1.71. The van der Waals surface area contributed by atoms with Crippen LogP contribution in [-0.4, -0.2) is 31.6 Å². The molecule has 0 aliphatic heterocycles. The Labute approximate surface area is 101 Å². The van der Waals surface area contributed by atoms with Gasteiger partial charge in [-0.3, -0.25) is 9.35 Å². The van der Waals surface area contributed by atoms with Crippen LogP contribution in [0.3, 0.4) is 0 Å². The van der Waals surface area contributed by atoms with Gasteiger partial charge in [0, 0.05) is 0 Å². The van der Waals surface area contributed by atoms with Gasteiger partial charge in [-0.1, -0.05) is 12.1 Å². The van der Waals surface area contributed by atoms with Crippen LogP contribution < -0.4 is 0 Å². The highest BCUT2D eigenvalue weighted by Gasteiger charge is 2.23. The number of ether oxygens (including phenoxy) is 2. The minimum atomic E-state index is -4.65. The lowest BCUT2D eigenvalue weighted by atomic mass is 10.2. The first kappa shape index (κ1) is 13.8. The first-order valence-electron chi connectivity index (χ1n) is 4.29. The van der Waals surface area contributed by atoms with Crippen LogP contribution in [0.1, 0.15) is 10.4 Å². The summed E-state index contributed by atoms with van der Waals surface area (Å²) in [5, 5.41) is 0. The zero-order valence-corrected chi connectivity index (χ0v) is 9.42. The largest absolute Gasteiger partial charge is 0.524 e. The van der Waals surface area contributed by atoms with Gasteiger partial charge in [0.2, 0.25) is 0 Å². The third kappa shape index (κ3) is 3.37. The van der Waals surface area contributed by atoms with Crippen LogP contribution in [0.4, 0.5) is 4.79 Å². The lowest BCUT2D eigenvalue weighted by Gasteiger charge is -2.04. The Morgan fingerprint density at radius 3 is 2.39 bits per heavy atom. The van der Waals surface area contributed by atoms with Crippen LogP contribution in [0.5, 0.6) is 0 Å². The first-order chi connectivity index (χ1) is 8.36. The molecule has 0 aliphatic carbocycles. The Morgan fingerprint density at radius 2 is 1.83 bits per heavy atom. The molecule has 1 aromatic carbocycles. The molecule has 0 radical (unpaired) electrons. The predicted octanol–water partition coefficient (Wildman–Crippen LogP) is 0.383. The number of rotatable bonds is 3. The maximum Gasteiger partial charge on any atom is 0.524 e. The van der Waals surface area contributed by atoms with E-state index < -0.39 is 32.7 Å². The molecule has 0 aliphatic rings. The van der Waals surface area contributed by atoms with Gasteiger partial charge in [0.1, 0.15) is 4.90 Å². The average molecular weight is 274 g/mol. The van der Waals surface area contributed by atoms with Crippen LogP contribution in [0.15, 0.2) is 29.2 Å². The summed E-state index contributed by atoms with van der Waals surface area (Å²) in [6.07, 6.45) is -1.61. The number of carbonyl (C=O) groups excluding carboxylic acids is 3. The second-order valence-electron chi connectivity index (χ2n) is 2.82. The number of hydrogen-bond donors (Lipinski definition) is 1. The Balaban J connectivity index is 3.07. The maximum atomic E-state index is 11.4. The van der Waals surface area contributed by atoms with Crippen LogP contribution in [-0.2, 0) is 24.4 Å². The van der Waals surface area contributed by atoms with E-state index in [4.69, 9.17) is 4.55 Å². The molecule has 1 N–H and O–H groups in total. The first-order valence-corrected chi connectivity index (χ1v) is 5.73. The van der Waals surface area contributed by atoms with Gasteiger partial charge in [-0.2, -0.15) is 8.42 Å². The van der Waals surface area contributed by atoms with Crippen LogP contribution in [0.25, 0.3) is 0 Å². The molecule has 9 heteroatoms. The minimum Gasteiger partial charge on any atom is -0.363 e. The Kier molecular flexibility index (Phi) is 4.13. The summed E-state index contributed by atoms with van der Waals surface area (Å²) < 4.78 is 38.4. The topological polar surface area (TPSA) is 124 Å². The van der Waals surface area contributed by atoms with E-state index in [9.17, 15) is 22.8 Å². The second-order valence-corrected chi connectivity index (χ2v) is 4.21. The molecule has 0 aromatic heterocycles. The molecule has 0 atom stereocenters. The normalized spacial score (nSPS) is 10.5. The van der Waals surface area contributed by atoms with Crippen molar-refractivity contribution in [2.75, 3.05) is 0 Å². The molecule has 0 saturated carbocycles. The van der Waals surface area contributed by atoms with Crippen molar-refractivity contribution < 1.29 is 36.8 Å². The number of esters is 1. The van der Waals surface area contributed by atoms with Gasteiger partial charge in [-0.05, 0) is 12.1 Å². The SMILES string of the molecule is O=COC(=O)OC(=O)c1ccccc1S(=O)(=O)O. The second kappa shape index (κ2) is 5.38. The molecule has 18 heavy (non-hydrogen) atoms. The fraction of sp³-hybridized carbons (Fsp3) is 0. The van der Waals surface area contributed by atoms with E-state index in [0.717, 1.165) is 12.1 Å². The Hall–Kier alpha value is -2.26. The molecule has 8 nitrogen and oxygen atoms in total. The predicted molar refractivity (Wildman–Crippen MR) is 54.2 cm³/mol. The lowest BCUT2D eigenvalue weighted by Crippen LogP contribution is -2.16. The summed E-state index contributed by atoms with van der Waals surface area (Å²) in [6.45, 7) is -0.260. The lowest BCUT2D eigenvalue weighted by molar-refractivity contribution is -0.124. The van der Waals surface area contributed by atoms with Gasteiger partial charge in [-0.25, -0.2) is 9.59 Å². The van der Waals surface area contributed by atoms with Gasteiger partial charge < -0.3 is 9.47 Å². The van der Waals surface area contributed by atoms with E-state index in [0.29, 0.717) is 0 Å². The number of benzene rings is 1. The summed E-state index contributed by atoms with van der Waals surface area (Å²) >= 11 is 0. The quantitative estimate of drug-likeness (QED) is 0.363. The van der Waals surface area contributed by atoms with Crippen molar-refractivity contribution >= 4 is 28.7 Å². The van der Waals surface area contributed by atoms with Crippen molar-refractivity contribution in [2.45, 2.75) is 4.90 Å². The summed E-state index contributed by atoms with van der Waals surface area (Å²) in [5.74, 6) is -1.38. The summed E-state index contributed by atoms with van der Waals surface area (Å²) in [6, 6.07) is 4.50. The van der Waals surface area contributed by atoms with Gasteiger partial charge in [0.05, 0.1) is 5.56 Å². The highest BCUT2D eigenvalue weighted by Crippen LogP contribution is 2.16. The zero-order valence-electron chi connectivity index (χ0n) is 8.60. The molecule has 0 heterocycles. The molecular weight excluding hydrogens is 268 g/mol. The van der Waals surface area contributed by atoms with Gasteiger partial charge >= 0.3 is 18.6 Å². The molecule has 0 spiro atoms. The van der Waals surface area contributed by atoms with Crippen molar-refractivity contribution in [1.29, 1.82) is 0 Å². The highest BCUT2D eigenvalue weighted by atomic mass is 32.2. The van der Waals surface area contributed by atoms with Crippen molar-refractivity contribution in [2.24, 2.45) is 0 Å². The number of carbonyl (C=O) groups is 3. The summed E-state index contributed by atoms with van der Waals surface area (Å²) in [7, 11) is -4.65. The molecule has 0 fully saturated rings. The molecular formula is C9H6O8S. The molecule has 0 unspecified atom stereocenters. The molecule has 1 rings (SSSR count). The Bertz CT molecular complexity index is 588. The molecule has 96 valence electrons. The monoisotopic (exact) mass is 274 g/mol. The van der Waals surface area contributed by atoms with E-state index >= 15 is 0 Å². The van der Waals surface area contributed by atoms with Gasteiger partial charge in [0.25, 0.3) is 10.1 Å². The van der Waals surface area contributed by atoms with Gasteiger partial charge in [-0.15, -0.1) is 0 Å².